The molecule has 0 aliphatic rings. The molecule has 1 rings (SSSR count). The van der Waals surface area contributed by atoms with Crippen LogP contribution in [0.15, 0.2) is 36.9 Å². The first kappa shape index (κ1) is 13.8. The standard InChI is InChI=1S/C13H14O5/c1-3-13(15)17-9-8-16-11-4-6-12(7-5-11)18-10(2)14/h3-7H,1,8-9H2,2H3. The lowest BCUT2D eigenvalue weighted by molar-refractivity contribution is -0.138. The number of carbonyl (C=O) groups excluding carboxylic acids is 2. The Morgan fingerprint density at radius 3 is 2.33 bits per heavy atom. The van der Waals surface area contributed by atoms with Crippen LogP contribution < -0.4 is 9.47 Å². The third kappa shape index (κ3) is 5.16. The van der Waals surface area contributed by atoms with Crippen LogP contribution in [0.3, 0.4) is 0 Å². The third-order valence-corrected chi connectivity index (χ3v) is 1.85. The first-order chi connectivity index (χ1) is 8.61. The highest BCUT2D eigenvalue weighted by molar-refractivity contribution is 5.81. The Kier molecular flexibility index (Phi) is 5.44. The Balaban J connectivity index is 2.33. The zero-order chi connectivity index (χ0) is 13.4. The van der Waals surface area contributed by atoms with E-state index in [0.29, 0.717) is 11.5 Å². The minimum atomic E-state index is -0.483. The molecule has 0 unspecified atom stereocenters. The number of ether oxygens (including phenoxy) is 3. The topological polar surface area (TPSA) is 61.8 Å². The van der Waals surface area contributed by atoms with Gasteiger partial charge in [-0.3, -0.25) is 4.79 Å². The van der Waals surface area contributed by atoms with Gasteiger partial charge >= 0.3 is 11.9 Å². The second kappa shape index (κ2) is 7.11. The van der Waals surface area contributed by atoms with Crippen LogP contribution in [-0.2, 0) is 14.3 Å². The van der Waals surface area contributed by atoms with Gasteiger partial charge in [0.15, 0.2) is 0 Å². The fraction of sp³-hybridized carbons (Fsp3) is 0.231. The van der Waals surface area contributed by atoms with Crippen molar-refractivity contribution in [2.45, 2.75) is 6.92 Å². The summed E-state index contributed by atoms with van der Waals surface area (Å²) < 4.78 is 14.9. The fourth-order valence-electron chi connectivity index (χ4n) is 1.13. The first-order valence-corrected chi connectivity index (χ1v) is 5.32. The van der Waals surface area contributed by atoms with Crippen LogP contribution in [0.5, 0.6) is 11.5 Å². The maximum absolute atomic E-state index is 10.7. The fourth-order valence-corrected chi connectivity index (χ4v) is 1.13. The average molecular weight is 250 g/mol. The van der Waals surface area contributed by atoms with Gasteiger partial charge in [-0.2, -0.15) is 0 Å². The van der Waals surface area contributed by atoms with E-state index in [1.165, 1.54) is 6.92 Å². The second-order valence-corrected chi connectivity index (χ2v) is 3.29. The Labute approximate surface area is 105 Å². The summed E-state index contributed by atoms with van der Waals surface area (Å²) in [7, 11) is 0. The second-order valence-electron chi connectivity index (χ2n) is 3.29. The molecule has 1 aromatic carbocycles. The Hall–Kier alpha value is -2.30. The lowest BCUT2D eigenvalue weighted by Gasteiger charge is -2.07. The molecule has 0 spiro atoms. The number of hydrogen-bond acceptors (Lipinski definition) is 5. The quantitative estimate of drug-likeness (QED) is 0.333. The van der Waals surface area contributed by atoms with E-state index in [2.05, 4.69) is 6.58 Å². The van der Waals surface area contributed by atoms with Crippen LogP contribution in [0, 0.1) is 0 Å². The third-order valence-electron chi connectivity index (χ3n) is 1.85. The van der Waals surface area contributed by atoms with Crippen molar-refractivity contribution in [3.63, 3.8) is 0 Å². The van der Waals surface area contributed by atoms with Gasteiger partial charge in [-0.05, 0) is 24.3 Å². The van der Waals surface area contributed by atoms with Gasteiger partial charge in [-0.25, -0.2) is 4.79 Å². The van der Waals surface area contributed by atoms with Crippen molar-refractivity contribution in [2.24, 2.45) is 0 Å². The summed E-state index contributed by atoms with van der Waals surface area (Å²) in [5.41, 5.74) is 0. The van der Waals surface area contributed by atoms with Gasteiger partial charge in [0.1, 0.15) is 24.7 Å². The number of esters is 2. The summed E-state index contributed by atoms with van der Waals surface area (Å²) in [6, 6.07) is 6.56. The highest BCUT2D eigenvalue weighted by Crippen LogP contribution is 2.17. The zero-order valence-corrected chi connectivity index (χ0v) is 10.0. The number of hydrogen-bond donors (Lipinski definition) is 0. The molecule has 0 amide bonds. The van der Waals surface area contributed by atoms with Crippen molar-refractivity contribution in [3.05, 3.63) is 36.9 Å². The van der Waals surface area contributed by atoms with Crippen molar-refractivity contribution < 1.29 is 23.8 Å². The van der Waals surface area contributed by atoms with E-state index in [1.54, 1.807) is 24.3 Å². The molecule has 0 N–H and O–H groups in total. The predicted molar refractivity (Wildman–Crippen MR) is 64.4 cm³/mol. The van der Waals surface area contributed by atoms with Crippen LogP contribution in [0.1, 0.15) is 6.92 Å². The van der Waals surface area contributed by atoms with Crippen molar-refractivity contribution in [1.82, 2.24) is 0 Å². The predicted octanol–water partition coefficient (Wildman–Crippen LogP) is 1.72. The summed E-state index contributed by atoms with van der Waals surface area (Å²) in [4.78, 5) is 21.4. The Morgan fingerprint density at radius 2 is 1.78 bits per heavy atom. The van der Waals surface area contributed by atoms with Gasteiger partial charge in [-0.15, -0.1) is 0 Å². The molecular weight excluding hydrogens is 236 g/mol. The van der Waals surface area contributed by atoms with Crippen molar-refractivity contribution in [2.75, 3.05) is 13.2 Å². The molecule has 96 valence electrons. The summed E-state index contributed by atoms with van der Waals surface area (Å²) in [6.07, 6.45) is 1.09. The number of carbonyl (C=O) groups is 2. The van der Waals surface area contributed by atoms with Crippen molar-refractivity contribution in [3.8, 4) is 11.5 Å². The monoisotopic (exact) mass is 250 g/mol. The van der Waals surface area contributed by atoms with Crippen LogP contribution in [0.25, 0.3) is 0 Å². The number of benzene rings is 1. The molecule has 0 fully saturated rings. The minimum absolute atomic E-state index is 0.149. The Morgan fingerprint density at radius 1 is 1.17 bits per heavy atom. The van der Waals surface area contributed by atoms with Gasteiger partial charge in [0.05, 0.1) is 0 Å². The maximum atomic E-state index is 10.7. The summed E-state index contributed by atoms with van der Waals surface area (Å²) in [5.74, 6) is 0.192. The molecule has 0 aromatic heterocycles. The van der Waals surface area contributed by atoms with E-state index >= 15 is 0 Å². The van der Waals surface area contributed by atoms with E-state index in [4.69, 9.17) is 14.2 Å². The van der Waals surface area contributed by atoms with Gasteiger partial charge in [0.2, 0.25) is 0 Å². The van der Waals surface area contributed by atoms with Gasteiger partial charge < -0.3 is 14.2 Å². The molecule has 0 saturated carbocycles. The molecule has 0 atom stereocenters. The molecule has 0 bridgehead atoms. The maximum Gasteiger partial charge on any atom is 0.330 e. The molecule has 1 aromatic rings. The van der Waals surface area contributed by atoms with Crippen LogP contribution in [-0.4, -0.2) is 25.2 Å². The largest absolute Gasteiger partial charge is 0.490 e. The molecule has 0 saturated heterocycles. The lowest BCUT2D eigenvalue weighted by Crippen LogP contribution is -2.10. The lowest BCUT2D eigenvalue weighted by atomic mass is 10.3. The highest BCUT2D eigenvalue weighted by Gasteiger charge is 2.00. The van der Waals surface area contributed by atoms with E-state index in [-0.39, 0.29) is 19.2 Å². The highest BCUT2D eigenvalue weighted by atomic mass is 16.6. The molecule has 0 aliphatic heterocycles. The van der Waals surface area contributed by atoms with Gasteiger partial charge in [0, 0.05) is 13.0 Å². The zero-order valence-electron chi connectivity index (χ0n) is 10.0. The van der Waals surface area contributed by atoms with E-state index in [1.807, 2.05) is 0 Å². The van der Waals surface area contributed by atoms with Gasteiger partial charge in [-0.1, -0.05) is 6.58 Å². The van der Waals surface area contributed by atoms with E-state index in [0.717, 1.165) is 6.08 Å². The van der Waals surface area contributed by atoms with Crippen molar-refractivity contribution in [1.29, 1.82) is 0 Å². The molecule has 0 radical (unpaired) electrons. The molecule has 0 heterocycles. The molecular formula is C13H14O5. The number of rotatable bonds is 6. The molecule has 0 aliphatic carbocycles. The molecule has 5 nitrogen and oxygen atoms in total. The van der Waals surface area contributed by atoms with Crippen LogP contribution in [0.4, 0.5) is 0 Å². The summed E-state index contributed by atoms with van der Waals surface area (Å²) >= 11 is 0. The van der Waals surface area contributed by atoms with Crippen LogP contribution in [0.2, 0.25) is 0 Å². The SMILES string of the molecule is C=CC(=O)OCCOc1ccc(OC(C)=O)cc1. The van der Waals surface area contributed by atoms with Crippen LogP contribution >= 0.6 is 0 Å². The van der Waals surface area contributed by atoms with E-state index in [9.17, 15) is 9.59 Å². The Bertz CT molecular complexity index is 422. The average Bonchev–Trinajstić information content (AvgIpc) is 2.35. The summed E-state index contributed by atoms with van der Waals surface area (Å²) in [5, 5.41) is 0. The van der Waals surface area contributed by atoms with E-state index < -0.39 is 5.97 Å². The smallest absolute Gasteiger partial charge is 0.330 e. The first-order valence-electron chi connectivity index (χ1n) is 5.32. The summed E-state index contributed by atoms with van der Waals surface area (Å²) in [6.45, 7) is 5.00. The van der Waals surface area contributed by atoms with Gasteiger partial charge in [0.25, 0.3) is 0 Å². The van der Waals surface area contributed by atoms with Crippen molar-refractivity contribution >= 4 is 11.9 Å². The minimum Gasteiger partial charge on any atom is -0.490 e. The molecule has 5 heteroatoms. The molecule has 18 heavy (non-hydrogen) atoms. The normalized spacial score (nSPS) is 9.39.